The van der Waals surface area contributed by atoms with E-state index >= 15 is 0 Å². The Hall–Kier alpha value is -0.820. The van der Waals surface area contributed by atoms with Crippen molar-refractivity contribution in [3.63, 3.8) is 0 Å². The van der Waals surface area contributed by atoms with Crippen molar-refractivity contribution in [2.75, 3.05) is 31.2 Å². The molecule has 7 heteroatoms. The lowest BCUT2D eigenvalue weighted by atomic mass is 9.84. The van der Waals surface area contributed by atoms with E-state index in [1.54, 1.807) is 0 Å². The van der Waals surface area contributed by atoms with E-state index in [1.807, 2.05) is 6.92 Å². The largest absolute Gasteiger partial charge is 0.373 e. The van der Waals surface area contributed by atoms with Gasteiger partial charge in [0.25, 0.3) is 0 Å². The molecule has 2 rings (SSSR count). The predicted octanol–water partition coefficient (Wildman–Crippen LogP) is 1.86. The van der Waals surface area contributed by atoms with Crippen LogP contribution in [0.1, 0.15) is 58.8 Å². The smallest absolute Gasteiger partial charge is 0.191 e. The molecule has 0 aromatic heterocycles. The summed E-state index contributed by atoms with van der Waals surface area (Å²) in [5, 5.41) is 6.53. The third kappa shape index (κ3) is 5.92. The number of nitrogens with one attached hydrogen (secondary N) is 2. The van der Waals surface area contributed by atoms with Crippen LogP contribution < -0.4 is 10.6 Å². The molecule has 24 heavy (non-hydrogen) atoms. The van der Waals surface area contributed by atoms with Gasteiger partial charge in [0.2, 0.25) is 0 Å². The predicted molar refractivity (Wildman–Crippen MR) is 98.2 cm³/mol. The minimum Gasteiger partial charge on any atom is -0.373 e. The van der Waals surface area contributed by atoms with E-state index in [-0.39, 0.29) is 23.1 Å². The highest BCUT2D eigenvalue weighted by molar-refractivity contribution is 7.91. The molecule has 140 valence electrons. The quantitative estimate of drug-likeness (QED) is 0.536. The average molecular weight is 360 g/mol. The normalized spacial score (nSPS) is 26.2. The summed E-state index contributed by atoms with van der Waals surface area (Å²) in [6.45, 7) is 6.33. The summed E-state index contributed by atoms with van der Waals surface area (Å²) in [7, 11) is -2.89. The van der Waals surface area contributed by atoms with Crippen molar-refractivity contribution in [1.29, 1.82) is 0 Å². The minimum atomic E-state index is -2.89. The number of sulfone groups is 1. The van der Waals surface area contributed by atoms with E-state index in [4.69, 9.17) is 9.73 Å². The molecule has 0 radical (unpaired) electrons. The van der Waals surface area contributed by atoms with Crippen LogP contribution in [0.25, 0.3) is 0 Å². The Labute approximate surface area is 146 Å². The van der Waals surface area contributed by atoms with Crippen molar-refractivity contribution in [3.8, 4) is 0 Å². The number of rotatable bonds is 7. The second kappa shape index (κ2) is 9.04. The minimum absolute atomic E-state index is 0.0355. The molecule has 0 spiro atoms. The third-order valence-electron chi connectivity index (χ3n) is 4.82. The fourth-order valence-corrected chi connectivity index (χ4v) is 5.18. The van der Waals surface area contributed by atoms with E-state index in [0.717, 1.165) is 32.4 Å². The molecule has 0 amide bonds. The van der Waals surface area contributed by atoms with Crippen molar-refractivity contribution in [2.45, 2.75) is 70.4 Å². The highest BCUT2D eigenvalue weighted by Gasteiger charge is 2.33. The monoisotopic (exact) mass is 359 g/mol. The molecule has 1 aliphatic carbocycles. The van der Waals surface area contributed by atoms with E-state index in [1.165, 1.54) is 19.3 Å². The van der Waals surface area contributed by atoms with Crippen LogP contribution in [-0.2, 0) is 14.6 Å². The maximum absolute atomic E-state index is 11.6. The molecular weight excluding hydrogens is 326 g/mol. The highest BCUT2D eigenvalue weighted by atomic mass is 32.2. The zero-order valence-corrected chi connectivity index (χ0v) is 16.0. The summed E-state index contributed by atoms with van der Waals surface area (Å²) >= 11 is 0. The van der Waals surface area contributed by atoms with Gasteiger partial charge in [-0.05, 0) is 32.6 Å². The summed E-state index contributed by atoms with van der Waals surface area (Å²) in [5.41, 5.74) is -0.141. The van der Waals surface area contributed by atoms with Gasteiger partial charge in [-0.2, -0.15) is 0 Å². The van der Waals surface area contributed by atoms with Crippen molar-refractivity contribution in [2.24, 2.45) is 4.99 Å². The van der Waals surface area contributed by atoms with Gasteiger partial charge < -0.3 is 15.4 Å². The van der Waals surface area contributed by atoms with Gasteiger partial charge in [0.1, 0.15) is 0 Å². The van der Waals surface area contributed by atoms with E-state index in [9.17, 15) is 8.42 Å². The SMILES string of the molecule is CCCOC1(CN=C(NCC)NC2CCS(=O)(=O)C2)CCCCC1. The van der Waals surface area contributed by atoms with Crippen LogP contribution in [-0.4, -0.2) is 57.2 Å². The Morgan fingerprint density at radius 2 is 2.00 bits per heavy atom. The molecule has 2 fully saturated rings. The second-order valence-corrected chi connectivity index (χ2v) is 9.26. The molecule has 0 bridgehead atoms. The molecule has 1 heterocycles. The Morgan fingerprint density at radius 1 is 1.25 bits per heavy atom. The summed E-state index contributed by atoms with van der Waals surface area (Å²) < 4.78 is 29.5. The molecule has 2 aliphatic rings. The Kier molecular flexibility index (Phi) is 7.34. The molecule has 0 aromatic rings. The van der Waals surface area contributed by atoms with E-state index in [2.05, 4.69) is 17.6 Å². The van der Waals surface area contributed by atoms with Crippen molar-refractivity contribution < 1.29 is 13.2 Å². The van der Waals surface area contributed by atoms with Crippen molar-refractivity contribution in [3.05, 3.63) is 0 Å². The van der Waals surface area contributed by atoms with Gasteiger partial charge in [-0.15, -0.1) is 0 Å². The maximum atomic E-state index is 11.6. The summed E-state index contributed by atoms with van der Waals surface area (Å²) in [6, 6.07) is -0.0355. The molecule has 1 unspecified atom stereocenters. The van der Waals surface area contributed by atoms with Crippen LogP contribution in [0.15, 0.2) is 4.99 Å². The summed E-state index contributed by atoms with van der Waals surface area (Å²) in [5.74, 6) is 1.19. The lowest BCUT2D eigenvalue weighted by Gasteiger charge is -2.36. The fourth-order valence-electron chi connectivity index (χ4n) is 3.51. The van der Waals surface area contributed by atoms with Gasteiger partial charge >= 0.3 is 0 Å². The van der Waals surface area contributed by atoms with Crippen LogP contribution in [0.4, 0.5) is 0 Å². The number of hydrogen-bond donors (Lipinski definition) is 2. The zero-order valence-electron chi connectivity index (χ0n) is 15.1. The first kappa shape index (κ1) is 19.5. The summed E-state index contributed by atoms with van der Waals surface area (Å²) in [6.07, 6.45) is 7.47. The molecule has 0 aromatic carbocycles. The van der Waals surface area contributed by atoms with Gasteiger partial charge in [-0.25, -0.2) is 8.42 Å². The van der Waals surface area contributed by atoms with Crippen LogP contribution in [0.5, 0.6) is 0 Å². The van der Waals surface area contributed by atoms with Crippen LogP contribution >= 0.6 is 0 Å². The molecule has 6 nitrogen and oxygen atoms in total. The number of aliphatic imine (C=N–C) groups is 1. The highest BCUT2D eigenvalue weighted by Crippen LogP contribution is 2.32. The van der Waals surface area contributed by atoms with Gasteiger partial charge in [0.15, 0.2) is 15.8 Å². The van der Waals surface area contributed by atoms with Gasteiger partial charge in [0, 0.05) is 19.2 Å². The number of nitrogens with zero attached hydrogens (tertiary/aromatic N) is 1. The molecule has 1 atom stereocenters. The first-order chi connectivity index (χ1) is 11.5. The molecular formula is C17H33N3O3S. The Balaban J connectivity index is 1.99. The topological polar surface area (TPSA) is 79.8 Å². The van der Waals surface area contributed by atoms with E-state index in [0.29, 0.717) is 18.9 Å². The van der Waals surface area contributed by atoms with Crippen molar-refractivity contribution in [1.82, 2.24) is 10.6 Å². The Morgan fingerprint density at radius 3 is 2.58 bits per heavy atom. The lowest BCUT2D eigenvalue weighted by Crippen LogP contribution is -2.46. The van der Waals surface area contributed by atoms with Crippen LogP contribution in [0.2, 0.25) is 0 Å². The fraction of sp³-hybridized carbons (Fsp3) is 0.941. The lowest BCUT2D eigenvalue weighted by molar-refractivity contribution is -0.0624. The van der Waals surface area contributed by atoms with Crippen LogP contribution in [0, 0.1) is 0 Å². The molecule has 1 saturated heterocycles. The van der Waals surface area contributed by atoms with Gasteiger partial charge in [0.05, 0.1) is 23.7 Å². The second-order valence-electron chi connectivity index (χ2n) is 7.03. The number of guanidine groups is 1. The molecule has 1 saturated carbocycles. The first-order valence-corrected chi connectivity index (χ1v) is 11.2. The zero-order chi connectivity index (χ0) is 17.5. The standard InChI is InChI=1S/C17H33N3O3S/c1-3-11-23-17(9-6-5-7-10-17)14-19-16(18-4-2)20-15-8-12-24(21,22)13-15/h15H,3-14H2,1-2H3,(H2,18,19,20). The average Bonchev–Trinajstić information content (AvgIpc) is 2.91. The summed E-state index contributed by atoms with van der Waals surface area (Å²) in [4.78, 5) is 4.75. The first-order valence-electron chi connectivity index (χ1n) is 9.38. The third-order valence-corrected chi connectivity index (χ3v) is 6.59. The number of ether oxygens (including phenoxy) is 1. The molecule has 2 N–H and O–H groups in total. The van der Waals surface area contributed by atoms with E-state index < -0.39 is 9.84 Å². The van der Waals surface area contributed by atoms with Gasteiger partial charge in [-0.3, -0.25) is 4.99 Å². The van der Waals surface area contributed by atoms with Gasteiger partial charge in [-0.1, -0.05) is 26.2 Å². The van der Waals surface area contributed by atoms with Crippen molar-refractivity contribution >= 4 is 15.8 Å². The molecule has 1 aliphatic heterocycles. The van der Waals surface area contributed by atoms with Crippen LogP contribution in [0.3, 0.4) is 0 Å². The number of hydrogen-bond acceptors (Lipinski definition) is 4. The Bertz CT molecular complexity index is 513. The maximum Gasteiger partial charge on any atom is 0.191 e.